The fraction of sp³-hybridized carbons (Fsp3) is 0.581. The Hall–Kier alpha value is -4.53. The zero-order chi connectivity index (χ0) is 41.8. The van der Waals surface area contributed by atoms with Crippen molar-refractivity contribution in [3.63, 3.8) is 0 Å². The van der Waals surface area contributed by atoms with Crippen molar-refractivity contribution < 1.29 is 50.5 Å². The standard InChI is InChI=1S/C43H51F5N4O6/c1-40(2,3)58-38(55)35-28(7-6-8-32(35)26-11-13-43(47,48)14-12-26)21-56-22-30-20-50(23-42(30)24-51(25-42)37(54)33-16-41(33,4)5)36(53)29-17-49-52(19-29)18-27-9-10-31(44)15-34(27)57-39(45)46/h6-10,15,17,19,26,30,33,39H,11-14,16,18,20-25H2,1-5H3/t30-,33+/m0/s1. The smallest absolute Gasteiger partial charge is 0.387 e. The number of aromatic nitrogens is 2. The molecule has 2 aliphatic carbocycles. The maximum Gasteiger partial charge on any atom is 0.387 e. The van der Waals surface area contributed by atoms with Crippen LogP contribution in [0.25, 0.3) is 0 Å². The van der Waals surface area contributed by atoms with Gasteiger partial charge in [0.25, 0.3) is 5.91 Å². The molecule has 3 aromatic rings. The number of rotatable bonds is 12. The van der Waals surface area contributed by atoms with Crippen LogP contribution in [-0.4, -0.2) is 88.3 Å². The number of ether oxygens (including phenoxy) is 3. The van der Waals surface area contributed by atoms with E-state index < -0.39 is 35.3 Å². The molecule has 2 saturated carbocycles. The molecule has 2 amide bonds. The molecule has 0 unspecified atom stereocenters. The van der Waals surface area contributed by atoms with Gasteiger partial charge in [-0.05, 0) is 68.6 Å². The molecule has 10 nitrogen and oxygen atoms in total. The third-order valence-electron chi connectivity index (χ3n) is 12.2. The second-order valence-electron chi connectivity index (χ2n) is 18.3. The molecule has 0 radical (unpaired) electrons. The maximum atomic E-state index is 14.1. The Morgan fingerprint density at radius 3 is 2.33 bits per heavy atom. The van der Waals surface area contributed by atoms with Crippen molar-refractivity contribution in [3.8, 4) is 5.75 Å². The van der Waals surface area contributed by atoms with Crippen molar-refractivity contribution in [1.82, 2.24) is 19.6 Å². The summed E-state index contributed by atoms with van der Waals surface area (Å²) in [5, 5.41) is 4.27. The first-order chi connectivity index (χ1) is 27.2. The lowest BCUT2D eigenvalue weighted by Gasteiger charge is -2.51. The van der Waals surface area contributed by atoms with E-state index in [0.29, 0.717) is 42.9 Å². The van der Waals surface area contributed by atoms with E-state index in [-0.39, 0.29) is 97.3 Å². The van der Waals surface area contributed by atoms with Crippen molar-refractivity contribution in [2.45, 2.75) is 104 Å². The average molecular weight is 815 g/mol. The Bertz CT molecular complexity index is 2030. The van der Waals surface area contributed by atoms with Crippen molar-refractivity contribution >= 4 is 17.8 Å². The molecule has 3 heterocycles. The first-order valence-electron chi connectivity index (χ1n) is 19.9. The Labute approximate surface area is 335 Å². The predicted octanol–water partition coefficient (Wildman–Crippen LogP) is 8.08. The monoisotopic (exact) mass is 814 g/mol. The Morgan fingerprint density at radius 2 is 1.67 bits per heavy atom. The van der Waals surface area contributed by atoms with E-state index in [0.717, 1.165) is 18.6 Å². The second-order valence-corrected chi connectivity index (χ2v) is 18.3. The average Bonchev–Trinajstić information content (AvgIpc) is 3.40. The summed E-state index contributed by atoms with van der Waals surface area (Å²) in [6.45, 7) is 8.10. The topological polar surface area (TPSA) is 103 Å². The molecule has 2 atom stereocenters. The van der Waals surface area contributed by atoms with Crippen LogP contribution >= 0.6 is 0 Å². The lowest BCUT2D eigenvalue weighted by Crippen LogP contribution is -2.63. The normalized spacial score (nSPS) is 22.3. The molecule has 1 spiro atoms. The zero-order valence-corrected chi connectivity index (χ0v) is 33.5. The Morgan fingerprint density at radius 1 is 0.983 bits per heavy atom. The van der Waals surface area contributed by atoms with Gasteiger partial charge in [-0.25, -0.2) is 18.0 Å². The molecule has 0 bridgehead atoms. The minimum Gasteiger partial charge on any atom is -0.456 e. The predicted molar refractivity (Wildman–Crippen MR) is 202 cm³/mol. The first-order valence-corrected chi connectivity index (χ1v) is 19.9. The lowest BCUT2D eigenvalue weighted by molar-refractivity contribution is -0.148. The highest BCUT2D eigenvalue weighted by Crippen LogP contribution is 2.55. The number of carbonyl (C=O) groups is 3. The summed E-state index contributed by atoms with van der Waals surface area (Å²) < 4.78 is 86.2. The molecular formula is C43H51F5N4O6. The van der Waals surface area contributed by atoms with Crippen molar-refractivity contribution in [3.05, 3.63) is 82.4 Å². The number of likely N-dealkylation sites (tertiary alicyclic amines) is 2. The van der Waals surface area contributed by atoms with Crippen molar-refractivity contribution in [2.24, 2.45) is 22.7 Å². The molecular weight excluding hydrogens is 763 g/mol. The van der Waals surface area contributed by atoms with Gasteiger partial charge in [0.15, 0.2) is 0 Å². The van der Waals surface area contributed by atoms with E-state index in [1.807, 2.05) is 17.0 Å². The molecule has 1 aromatic heterocycles. The summed E-state index contributed by atoms with van der Waals surface area (Å²) in [6.07, 6.45) is 3.69. The number of benzene rings is 2. The number of halogens is 5. The van der Waals surface area contributed by atoms with Gasteiger partial charge in [0.05, 0.1) is 37.1 Å². The number of esters is 1. The van der Waals surface area contributed by atoms with E-state index >= 15 is 0 Å². The quantitative estimate of drug-likeness (QED) is 0.135. The van der Waals surface area contributed by atoms with Gasteiger partial charge in [-0.1, -0.05) is 38.1 Å². The molecule has 4 fully saturated rings. The number of hydrogen-bond acceptors (Lipinski definition) is 7. The van der Waals surface area contributed by atoms with Crippen molar-refractivity contribution in [1.29, 1.82) is 0 Å². The molecule has 7 rings (SSSR count). The summed E-state index contributed by atoms with van der Waals surface area (Å²) in [5.41, 5.74) is 0.832. The maximum absolute atomic E-state index is 14.1. The number of carbonyl (C=O) groups excluding carboxylic acids is 3. The Kier molecular flexibility index (Phi) is 11.2. The molecule has 15 heteroatoms. The minimum atomic E-state index is -3.15. The van der Waals surface area contributed by atoms with E-state index in [9.17, 15) is 36.3 Å². The largest absolute Gasteiger partial charge is 0.456 e. The van der Waals surface area contributed by atoms with E-state index in [2.05, 4.69) is 23.7 Å². The van der Waals surface area contributed by atoms with E-state index in [1.165, 1.54) is 23.1 Å². The highest BCUT2D eigenvalue weighted by molar-refractivity contribution is 5.94. The molecule has 314 valence electrons. The van der Waals surface area contributed by atoms with Crippen LogP contribution in [-0.2, 0) is 27.4 Å². The molecule has 4 aliphatic rings. The number of amides is 2. The molecule has 0 N–H and O–H groups in total. The molecule has 58 heavy (non-hydrogen) atoms. The van der Waals surface area contributed by atoms with Crippen molar-refractivity contribution in [2.75, 3.05) is 32.8 Å². The molecule has 2 aliphatic heterocycles. The molecule has 2 saturated heterocycles. The van der Waals surface area contributed by atoms with Gasteiger partial charge in [0.2, 0.25) is 11.8 Å². The number of alkyl halides is 4. The van der Waals surface area contributed by atoms with Gasteiger partial charge in [0, 0.05) is 74.1 Å². The third kappa shape index (κ3) is 9.03. The summed E-state index contributed by atoms with van der Waals surface area (Å²) in [4.78, 5) is 44.7. The van der Waals surface area contributed by atoms with Gasteiger partial charge < -0.3 is 24.0 Å². The number of hydrogen-bond donors (Lipinski definition) is 0. The first kappa shape index (κ1) is 41.6. The fourth-order valence-electron chi connectivity index (χ4n) is 8.86. The van der Waals surface area contributed by atoms with Gasteiger partial charge >= 0.3 is 12.6 Å². The van der Waals surface area contributed by atoms with Crippen LogP contribution in [0.4, 0.5) is 22.0 Å². The van der Waals surface area contributed by atoms with Crippen LogP contribution in [0.5, 0.6) is 5.75 Å². The van der Waals surface area contributed by atoms with Gasteiger partial charge in [-0.2, -0.15) is 13.9 Å². The lowest BCUT2D eigenvalue weighted by atomic mass is 9.71. The van der Waals surface area contributed by atoms with Crippen LogP contribution in [0, 0.1) is 28.5 Å². The van der Waals surface area contributed by atoms with E-state index in [4.69, 9.17) is 9.47 Å². The van der Waals surface area contributed by atoms with Gasteiger partial charge in [-0.15, -0.1) is 0 Å². The minimum absolute atomic E-state index is 0.0359. The number of nitrogens with zero attached hydrogens (tertiary/aromatic N) is 4. The van der Waals surface area contributed by atoms with Crippen LogP contribution < -0.4 is 4.74 Å². The third-order valence-corrected chi connectivity index (χ3v) is 12.2. The molecule has 2 aromatic carbocycles. The summed E-state index contributed by atoms with van der Waals surface area (Å²) in [5.74, 6) is -4.97. The van der Waals surface area contributed by atoms with Crippen LogP contribution in [0.1, 0.15) is 110 Å². The van der Waals surface area contributed by atoms with Crippen LogP contribution in [0.3, 0.4) is 0 Å². The zero-order valence-electron chi connectivity index (χ0n) is 33.5. The van der Waals surface area contributed by atoms with Gasteiger partial charge in [0.1, 0.15) is 17.2 Å². The fourth-order valence-corrected chi connectivity index (χ4v) is 8.86. The summed E-state index contributed by atoms with van der Waals surface area (Å²) >= 11 is 0. The SMILES string of the molecule is CC(C)(C)OC(=O)c1c(COC[C@@H]2CN(C(=O)c3cnn(Cc4ccc(F)cc4OC(F)F)c3)CC23CN(C(=O)[C@H]2CC2(C)C)C3)cccc1C1CCC(F)(F)CC1. The van der Waals surface area contributed by atoms with E-state index in [1.54, 1.807) is 31.7 Å². The summed E-state index contributed by atoms with van der Waals surface area (Å²) in [6, 6.07) is 8.72. The highest BCUT2D eigenvalue weighted by Gasteiger charge is 2.60. The van der Waals surface area contributed by atoms with Gasteiger partial charge in [-0.3, -0.25) is 14.3 Å². The highest BCUT2D eigenvalue weighted by atomic mass is 19.3. The Balaban J connectivity index is 1.08. The second kappa shape index (κ2) is 15.6. The van der Waals surface area contributed by atoms with Crippen LogP contribution in [0.15, 0.2) is 48.8 Å². The van der Waals surface area contributed by atoms with Crippen LogP contribution in [0.2, 0.25) is 0 Å². The summed E-state index contributed by atoms with van der Waals surface area (Å²) in [7, 11) is 0.